The first kappa shape index (κ1) is 21.9. The van der Waals surface area contributed by atoms with Crippen molar-refractivity contribution < 1.29 is 14.3 Å². The van der Waals surface area contributed by atoms with Crippen molar-refractivity contribution in [1.82, 2.24) is 9.80 Å². The second kappa shape index (κ2) is 10.8. The van der Waals surface area contributed by atoms with Gasteiger partial charge in [-0.15, -0.1) is 11.8 Å². The minimum Gasteiger partial charge on any atom is -0.378 e. The molecule has 0 radical (unpaired) electrons. The molecule has 0 N–H and O–H groups in total. The molecule has 0 aromatic heterocycles. The zero-order valence-electron chi connectivity index (χ0n) is 17.8. The van der Waals surface area contributed by atoms with E-state index in [0.717, 1.165) is 12.8 Å². The number of carbonyl (C=O) groups excluding carboxylic acids is 2. The predicted octanol–water partition coefficient (Wildman–Crippen LogP) is 3.61. The van der Waals surface area contributed by atoms with Crippen LogP contribution in [0.3, 0.4) is 0 Å². The van der Waals surface area contributed by atoms with Gasteiger partial charge in [0, 0.05) is 32.1 Å². The molecule has 2 fully saturated rings. The fourth-order valence-electron chi connectivity index (χ4n) is 4.30. The number of piperidine rings is 1. The van der Waals surface area contributed by atoms with E-state index in [-0.39, 0.29) is 23.0 Å². The highest BCUT2D eigenvalue weighted by atomic mass is 32.2. The van der Waals surface area contributed by atoms with Gasteiger partial charge in [-0.3, -0.25) is 9.59 Å². The molecule has 0 aliphatic carbocycles. The van der Waals surface area contributed by atoms with Crippen LogP contribution in [0.2, 0.25) is 0 Å². The number of rotatable bonds is 6. The van der Waals surface area contributed by atoms with E-state index in [1.807, 2.05) is 46.2 Å². The Hall–Kier alpha value is -2.31. The maximum atomic E-state index is 12.9. The number of morpholine rings is 1. The molecule has 2 aliphatic heterocycles. The SMILES string of the molecule is O=C(CSC(c1ccccc1)c1ccccc1)N1CCC(C(=O)N2CCOCC2)CC1. The number of amides is 2. The molecule has 2 aromatic carbocycles. The van der Waals surface area contributed by atoms with Crippen molar-refractivity contribution >= 4 is 23.6 Å². The number of likely N-dealkylation sites (tertiary alicyclic amines) is 1. The van der Waals surface area contributed by atoms with Crippen molar-refractivity contribution in [2.75, 3.05) is 45.1 Å². The summed E-state index contributed by atoms with van der Waals surface area (Å²) in [6.07, 6.45) is 1.51. The van der Waals surface area contributed by atoms with E-state index < -0.39 is 0 Å². The van der Waals surface area contributed by atoms with E-state index in [0.29, 0.717) is 45.1 Å². The minimum atomic E-state index is 0.0381. The van der Waals surface area contributed by atoms with Crippen LogP contribution in [-0.2, 0) is 14.3 Å². The van der Waals surface area contributed by atoms with Gasteiger partial charge in [0.15, 0.2) is 0 Å². The summed E-state index contributed by atoms with van der Waals surface area (Å²) in [5.41, 5.74) is 2.42. The molecule has 0 bridgehead atoms. The molecule has 2 aliphatic rings. The van der Waals surface area contributed by atoms with Crippen molar-refractivity contribution in [2.24, 2.45) is 5.92 Å². The summed E-state index contributed by atoms with van der Waals surface area (Å²) in [5, 5.41) is 0.131. The predicted molar refractivity (Wildman–Crippen MR) is 124 cm³/mol. The molecular formula is C25H30N2O3S. The van der Waals surface area contributed by atoms with Crippen LogP contribution >= 0.6 is 11.8 Å². The van der Waals surface area contributed by atoms with Crippen LogP contribution in [0.4, 0.5) is 0 Å². The number of hydrogen-bond donors (Lipinski definition) is 0. The fourth-order valence-corrected chi connectivity index (χ4v) is 5.50. The lowest BCUT2D eigenvalue weighted by Crippen LogP contribution is -2.47. The Morgan fingerprint density at radius 1 is 0.839 bits per heavy atom. The quantitative estimate of drug-likeness (QED) is 0.691. The van der Waals surface area contributed by atoms with Gasteiger partial charge in [-0.2, -0.15) is 0 Å². The van der Waals surface area contributed by atoms with Crippen LogP contribution < -0.4 is 0 Å². The summed E-state index contributed by atoms with van der Waals surface area (Å²) in [7, 11) is 0. The average Bonchev–Trinajstić information content (AvgIpc) is 2.85. The lowest BCUT2D eigenvalue weighted by atomic mass is 9.95. The van der Waals surface area contributed by atoms with Crippen LogP contribution in [0.1, 0.15) is 29.2 Å². The standard InChI is InChI=1S/C25H30N2O3S/c28-23(26-13-11-22(12-14-26)25(29)27-15-17-30-18-16-27)19-31-24(20-7-3-1-4-8-20)21-9-5-2-6-10-21/h1-10,22,24H,11-19H2. The number of carbonyl (C=O) groups is 2. The Balaban J connectivity index is 1.31. The van der Waals surface area contributed by atoms with Crippen molar-refractivity contribution in [3.63, 3.8) is 0 Å². The maximum absolute atomic E-state index is 12.9. The van der Waals surface area contributed by atoms with Crippen LogP contribution in [-0.4, -0.2) is 66.8 Å². The smallest absolute Gasteiger partial charge is 0.232 e. The van der Waals surface area contributed by atoms with Crippen molar-refractivity contribution in [1.29, 1.82) is 0 Å². The molecule has 0 unspecified atom stereocenters. The molecule has 5 nitrogen and oxygen atoms in total. The molecule has 31 heavy (non-hydrogen) atoms. The maximum Gasteiger partial charge on any atom is 0.232 e. The van der Waals surface area contributed by atoms with Gasteiger partial charge in [0.2, 0.25) is 11.8 Å². The van der Waals surface area contributed by atoms with Crippen LogP contribution in [0.5, 0.6) is 0 Å². The first-order valence-corrected chi connectivity index (χ1v) is 12.1. The number of thioether (sulfide) groups is 1. The Bertz CT molecular complexity index is 808. The zero-order valence-corrected chi connectivity index (χ0v) is 18.6. The third-order valence-corrected chi connectivity index (χ3v) is 7.39. The Morgan fingerprint density at radius 2 is 1.39 bits per heavy atom. The number of hydrogen-bond acceptors (Lipinski definition) is 4. The van der Waals surface area contributed by atoms with E-state index >= 15 is 0 Å². The van der Waals surface area contributed by atoms with Crippen LogP contribution in [0.25, 0.3) is 0 Å². The zero-order chi connectivity index (χ0) is 21.5. The molecule has 4 rings (SSSR count). The number of nitrogens with zero attached hydrogens (tertiary/aromatic N) is 2. The summed E-state index contributed by atoms with van der Waals surface area (Å²) >= 11 is 1.68. The molecule has 2 amide bonds. The Kier molecular flexibility index (Phi) is 7.65. The summed E-state index contributed by atoms with van der Waals surface area (Å²) in [6.45, 7) is 3.97. The second-order valence-electron chi connectivity index (χ2n) is 8.11. The molecule has 164 valence electrons. The first-order chi connectivity index (χ1) is 15.2. The molecule has 2 saturated heterocycles. The summed E-state index contributed by atoms with van der Waals surface area (Å²) in [4.78, 5) is 29.5. The summed E-state index contributed by atoms with van der Waals surface area (Å²) < 4.78 is 5.35. The Labute approximate surface area is 188 Å². The van der Waals surface area contributed by atoms with E-state index in [1.54, 1.807) is 11.8 Å². The molecule has 0 atom stereocenters. The monoisotopic (exact) mass is 438 g/mol. The van der Waals surface area contributed by atoms with Gasteiger partial charge in [0.1, 0.15) is 0 Å². The highest BCUT2D eigenvalue weighted by Gasteiger charge is 2.31. The van der Waals surface area contributed by atoms with Gasteiger partial charge >= 0.3 is 0 Å². The van der Waals surface area contributed by atoms with Gasteiger partial charge in [-0.1, -0.05) is 60.7 Å². The topological polar surface area (TPSA) is 49.9 Å². The average molecular weight is 439 g/mol. The van der Waals surface area contributed by atoms with Crippen molar-refractivity contribution in [3.05, 3.63) is 71.8 Å². The van der Waals surface area contributed by atoms with Gasteiger partial charge in [-0.05, 0) is 24.0 Å². The largest absolute Gasteiger partial charge is 0.378 e. The van der Waals surface area contributed by atoms with E-state index in [4.69, 9.17) is 4.74 Å². The molecular weight excluding hydrogens is 408 g/mol. The highest BCUT2D eigenvalue weighted by Crippen LogP contribution is 2.35. The minimum absolute atomic E-state index is 0.0381. The second-order valence-corrected chi connectivity index (χ2v) is 9.20. The molecule has 2 aromatic rings. The summed E-state index contributed by atoms with van der Waals surface area (Å²) in [5.74, 6) is 0.879. The fraction of sp³-hybridized carbons (Fsp3) is 0.440. The first-order valence-electron chi connectivity index (χ1n) is 11.1. The normalized spacial score (nSPS) is 17.7. The molecule has 6 heteroatoms. The van der Waals surface area contributed by atoms with Crippen molar-refractivity contribution in [2.45, 2.75) is 18.1 Å². The lowest BCUT2D eigenvalue weighted by molar-refractivity contribution is -0.143. The van der Waals surface area contributed by atoms with Gasteiger partial charge < -0.3 is 14.5 Å². The molecule has 0 saturated carbocycles. The van der Waals surface area contributed by atoms with Gasteiger partial charge in [-0.25, -0.2) is 0 Å². The van der Waals surface area contributed by atoms with Gasteiger partial charge in [0.25, 0.3) is 0 Å². The number of benzene rings is 2. The third-order valence-electron chi connectivity index (χ3n) is 6.10. The summed E-state index contributed by atoms with van der Waals surface area (Å²) in [6, 6.07) is 20.7. The van der Waals surface area contributed by atoms with E-state index in [1.165, 1.54) is 11.1 Å². The van der Waals surface area contributed by atoms with E-state index in [2.05, 4.69) is 24.3 Å². The van der Waals surface area contributed by atoms with E-state index in [9.17, 15) is 9.59 Å². The molecule has 2 heterocycles. The van der Waals surface area contributed by atoms with Crippen LogP contribution in [0.15, 0.2) is 60.7 Å². The molecule has 0 spiro atoms. The number of ether oxygens (including phenoxy) is 1. The Morgan fingerprint density at radius 3 is 1.94 bits per heavy atom. The highest BCUT2D eigenvalue weighted by molar-refractivity contribution is 8.00. The van der Waals surface area contributed by atoms with Crippen molar-refractivity contribution in [3.8, 4) is 0 Å². The lowest BCUT2D eigenvalue weighted by Gasteiger charge is -2.35. The van der Waals surface area contributed by atoms with Gasteiger partial charge in [0.05, 0.1) is 24.2 Å². The third kappa shape index (κ3) is 5.69. The van der Waals surface area contributed by atoms with Crippen LogP contribution in [0, 0.1) is 5.92 Å².